The summed E-state index contributed by atoms with van der Waals surface area (Å²) in [5.74, 6) is 0.308. The second-order valence-corrected chi connectivity index (χ2v) is 8.53. The van der Waals surface area contributed by atoms with Crippen LogP contribution >= 0.6 is 0 Å². The highest BCUT2D eigenvalue weighted by molar-refractivity contribution is 5.75. The van der Waals surface area contributed by atoms with Gasteiger partial charge in [-0.25, -0.2) is 0 Å². The molecule has 1 nitrogen and oxygen atoms in total. The monoisotopic (exact) mass is 520 g/mol. The fourth-order valence-electron chi connectivity index (χ4n) is 3.85. The van der Waals surface area contributed by atoms with E-state index in [9.17, 15) is 39.5 Å². The fraction of sp³-hybridized carbons (Fsp3) is 0.308. The zero-order valence-corrected chi connectivity index (χ0v) is 19.3. The molecule has 194 valence electrons. The summed E-state index contributed by atoms with van der Waals surface area (Å²) in [5, 5.41) is 0. The van der Waals surface area contributed by atoms with Gasteiger partial charge in [0.25, 0.3) is 0 Å². The van der Waals surface area contributed by atoms with Gasteiger partial charge in [0, 0.05) is 5.56 Å². The molecule has 3 rings (SSSR count). The van der Waals surface area contributed by atoms with Crippen LogP contribution in [0.5, 0.6) is 5.75 Å². The standard InChI is InChI=1S/C26H21F9O/c1-14(2)15-5-9-23(36-3)21(12-15)20-8-7-18(24(27,28)29)11-17(20)10-16-4-6-19(25(30,31)32)13-22(16)26(33,34)35/h4-9,11-14H,10H2,1-3H3. The molecule has 3 aromatic rings. The van der Waals surface area contributed by atoms with Gasteiger partial charge in [-0.2, -0.15) is 39.5 Å². The molecule has 0 aliphatic carbocycles. The summed E-state index contributed by atoms with van der Waals surface area (Å²) in [6.07, 6.45) is -15.7. The van der Waals surface area contributed by atoms with Crippen molar-refractivity contribution >= 4 is 0 Å². The van der Waals surface area contributed by atoms with Crippen LogP contribution in [0.15, 0.2) is 54.6 Å². The van der Waals surface area contributed by atoms with E-state index in [1.807, 2.05) is 13.8 Å². The fourth-order valence-corrected chi connectivity index (χ4v) is 3.85. The number of hydrogen-bond acceptors (Lipinski definition) is 1. The molecule has 3 aromatic carbocycles. The van der Waals surface area contributed by atoms with Crippen molar-refractivity contribution in [2.45, 2.75) is 44.7 Å². The molecule has 0 saturated heterocycles. The Morgan fingerprint density at radius 3 is 1.75 bits per heavy atom. The first-order valence-electron chi connectivity index (χ1n) is 10.7. The maximum absolute atomic E-state index is 13.7. The van der Waals surface area contributed by atoms with Crippen LogP contribution < -0.4 is 4.74 Å². The minimum Gasteiger partial charge on any atom is -0.496 e. The summed E-state index contributed by atoms with van der Waals surface area (Å²) in [5.41, 5.74) is -3.56. The number of hydrogen-bond donors (Lipinski definition) is 0. The molecule has 0 aromatic heterocycles. The van der Waals surface area contributed by atoms with Gasteiger partial charge in [0.05, 0.1) is 23.8 Å². The summed E-state index contributed by atoms with van der Waals surface area (Å²) in [7, 11) is 1.34. The van der Waals surface area contributed by atoms with E-state index in [0.29, 0.717) is 23.8 Å². The summed E-state index contributed by atoms with van der Waals surface area (Å²) in [6, 6.07) is 8.80. The Morgan fingerprint density at radius 1 is 0.639 bits per heavy atom. The normalized spacial score (nSPS) is 12.8. The molecule has 0 atom stereocenters. The molecular formula is C26H21F9O. The second-order valence-electron chi connectivity index (χ2n) is 8.53. The number of ether oxygens (including phenoxy) is 1. The SMILES string of the molecule is COc1ccc(C(C)C)cc1-c1ccc(C(F)(F)F)cc1Cc1ccc(C(F)(F)F)cc1C(F)(F)F. The maximum Gasteiger partial charge on any atom is 0.416 e. The van der Waals surface area contributed by atoms with Gasteiger partial charge in [0.2, 0.25) is 0 Å². The third kappa shape index (κ3) is 5.96. The van der Waals surface area contributed by atoms with E-state index in [2.05, 4.69) is 0 Å². The average Bonchev–Trinajstić information content (AvgIpc) is 2.76. The largest absolute Gasteiger partial charge is 0.496 e. The molecule has 36 heavy (non-hydrogen) atoms. The molecule has 0 saturated carbocycles. The molecule has 0 amide bonds. The number of halogens is 9. The highest BCUT2D eigenvalue weighted by Crippen LogP contribution is 2.42. The summed E-state index contributed by atoms with van der Waals surface area (Å²) < 4.78 is 126. The molecule has 0 aliphatic rings. The van der Waals surface area contributed by atoms with Crippen molar-refractivity contribution in [2.75, 3.05) is 7.11 Å². The zero-order chi connectivity index (χ0) is 27.1. The van der Waals surface area contributed by atoms with Crippen LogP contribution in [0, 0.1) is 0 Å². The minimum absolute atomic E-state index is 0.0252. The van der Waals surface area contributed by atoms with Gasteiger partial charge in [-0.1, -0.05) is 32.0 Å². The lowest BCUT2D eigenvalue weighted by atomic mass is 9.89. The maximum atomic E-state index is 13.7. The first kappa shape index (κ1) is 27.4. The first-order valence-corrected chi connectivity index (χ1v) is 10.7. The first-order chi connectivity index (χ1) is 16.5. The van der Waals surface area contributed by atoms with Crippen LogP contribution in [-0.2, 0) is 24.9 Å². The summed E-state index contributed by atoms with van der Waals surface area (Å²) in [4.78, 5) is 0. The number of alkyl halides is 9. The smallest absolute Gasteiger partial charge is 0.416 e. The van der Waals surface area contributed by atoms with Crippen LogP contribution in [0.4, 0.5) is 39.5 Å². The lowest BCUT2D eigenvalue weighted by Crippen LogP contribution is -2.14. The average molecular weight is 520 g/mol. The summed E-state index contributed by atoms with van der Waals surface area (Å²) in [6.45, 7) is 3.77. The molecule has 0 radical (unpaired) electrons. The third-order valence-electron chi connectivity index (χ3n) is 5.74. The number of benzene rings is 3. The van der Waals surface area contributed by atoms with E-state index in [-0.39, 0.29) is 28.9 Å². The van der Waals surface area contributed by atoms with E-state index in [4.69, 9.17) is 4.74 Å². The highest BCUT2D eigenvalue weighted by atomic mass is 19.4. The van der Waals surface area contributed by atoms with E-state index < -0.39 is 47.2 Å². The molecule has 0 unspecified atom stereocenters. The number of methoxy groups -OCH3 is 1. The van der Waals surface area contributed by atoms with Crippen LogP contribution in [0.2, 0.25) is 0 Å². The number of rotatable bonds is 5. The lowest BCUT2D eigenvalue weighted by Gasteiger charge is -2.20. The van der Waals surface area contributed by atoms with Crippen molar-refractivity contribution in [3.05, 3.63) is 88.0 Å². The minimum atomic E-state index is -5.16. The molecule has 0 heterocycles. The van der Waals surface area contributed by atoms with Gasteiger partial charge < -0.3 is 4.74 Å². The Kier molecular flexibility index (Phi) is 7.39. The molecule has 0 bridgehead atoms. The zero-order valence-electron chi connectivity index (χ0n) is 19.3. The van der Waals surface area contributed by atoms with Crippen molar-refractivity contribution in [1.82, 2.24) is 0 Å². The van der Waals surface area contributed by atoms with E-state index in [1.54, 1.807) is 18.2 Å². The summed E-state index contributed by atoms with van der Waals surface area (Å²) >= 11 is 0. The Hall–Kier alpha value is -3.17. The van der Waals surface area contributed by atoms with Crippen LogP contribution in [0.3, 0.4) is 0 Å². The van der Waals surface area contributed by atoms with Crippen molar-refractivity contribution in [3.8, 4) is 16.9 Å². The van der Waals surface area contributed by atoms with Gasteiger partial charge in [0.15, 0.2) is 0 Å². The van der Waals surface area contributed by atoms with Gasteiger partial charge in [0.1, 0.15) is 5.75 Å². The van der Waals surface area contributed by atoms with Crippen LogP contribution in [-0.4, -0.2) is 7.11 Å². The molecule has 0 N–H and O–H groups in total. The highest BCUT2D eigenvalue weighted by Gasteiger charge is 2.38. The van der Waals surface area contributed by atoms with Gasteiger partial charge in [-0.05, 0) is 71.0 Å². The van der Waals surface area contributed by atoms with E-state index >= 15 is 0 Å². The van der Waals surface area contributed by atoms with Crippen molar-refractivity contribution in [3.63, 3.8) is 0 Å². The third-order valence-corrected chi connectivity index (χ3v) is 5.74. The Bertz CT molecular complexity index is 1240. The van der Waals surface area contributed by atoms with E-state index in [1.165, 1.54) is 7.11 Å². The molecular weight excluding hydrogens is 499 g/mol. The lowest BCUT2D eigenvalue weighted by molar-refractivity contribution is -0.143. The molecule has 0 aliphatic heterocycles. The van der Waals surface area contributed by atoms with Crippen molar-refractivity contribution in [2.24, 2.45) is 0 Å². The van der Waals surface area contributed by atoms with Crippen molar-refractivity contribution < 1.29 is 44.3 Å². The van der Waals surface area contributed by atoms with Crippen LogP contribution in [0.25, 0.3) is 11.1 Å². The Labute approximate surface area is 201 Å². The molecule has 0 spiro atoms. The topological polar surface area (TPSA) is 9.23 Å². The Morgan fingerprint density at radius 2 is 1.22 bits per heavy atom. The van der Waals surface area contributed by atoms with Gasteiger partial charge >= 0.3 is 18.5 Å². The van der Waals surface area contributed by atoms with Crippen molar-refractivity contribution in [1.29, 1.82) is 0 Å². The molecule has 0 fully saturated rings. The second kappa shape index (κ2) is 9.71. The predicted molar refractivity (Wildman–Crippen MR) is 117 cm³/mol. The Balaban J connectivity index is 2.27. The molecule has 10 heteroatoms. The van der Waals surface area contributed by atoms with Gasteiger partial charge in [-0.3, -0.25) is 0 Å². The van der Waals surface area contributed by atoms with Crippen LogP contribution in [0.1, 0.15) is 53.1 Å². The van der Waals surface area contributed by atoms with E-state index in [0.717, 1.165) is 17.7 Å². The predicted octanol–water partition coefficient (Wildman–Crippen LogP) is 9.13. The van der Waals surface area contributed by atoms with Gasteiger partial charge in [-0.15, -0.1) is 0 Å². The quantitative estimate of drug-likeness (QED) is 0.305.